The molecular formula is C16H19N3O3. The zero-order chi connectivity index (χ0) is 15.9. The van der Waals surface area contributed by atoms with E-state index in [0.717, 1.165) is 6.42 Å². The molecule has 2 aromatic rings. The number of hydrogen-bond acceptors (Lipinski definition) is 4. The van der Waals surface area contributed by atoms with E-state index in [2.05, 4.69) is 17.3 Å². The van der Waals surface area contributed by atoms with E-state index in [0.29, 0.717) is 18.8 Å². The third-order valence-electron chi connectivity index (χ3n) is 3.23. The van der Waals surface area contributed by atoms with Gasteiger partial charge in [0.1, 0.15) is 5.69 Å². The average Bonchev–Trinajstić information content (AvgIpc) is 2.54. The molecule has 0 aliphatic heterocycles. The Morgan fingerprint density at radius 2 is 1.95 bits per heavy atom. The van der Waals surface area contributed by atoms with Crippen LogP contribution >= 0.6 is 0 Å². The van der Waals surface area contributed by atoms with Crippen LogP contribution in [0.5, 0.6) is 0 Å². The molecule has 0 saturated carbocycles. The van der Waals surface area contributed by atoms with Crippen LogP contribution in [0.25, 0.3) is 0 Å². The predicted octanol–water partition coefficient (Wildman–Crippen LogP) is 1.70. The van der Waals surface area contributed by atoms with Crippen LogP contribution in [0, 0.1) is 0 Å². The van der Waals surface area contributed by atoms with E-state index in [9.17, 15) is 9.59 Å². The maximum Gasteiger partial charge on any atom is 0.276 e. The normalized spacial score (nSPS) is 10.5. The summed E-state index contributed by atoms with van der Waals surface area (Å²) >= 11 is 0. The van der Waals surface area contributed by atoms with Gasteiger partial charge in [0.2, 0.25) is 0 Å². The molecule has 1 amide bonds. The third kappa shape index (κ3) is 4.02. The number of rotatable bonds is 6. The number of nitrogens with zero attached hydrogens (tertiary/aromatic N) is 2. The number of methoxy groups -OCH3 is 1. The van der Waals surface area contributed by atoms with E-state index in [4.69, 9.17) is 4.74 Å². The van der Waals surface area contributed by atoms with Gasteiger partial charge >= 0.3 is 0 Å². The molecule has 0 aliphatic rings. The number of carbonyl (C=O) groups is 1. The van der Waals surface area contributed by atoms with Crippen molar-refractivity contribution in [2.24, 2.45) is 0 Å². The van der Waals surface area contributed by atoms with Gasteiger partial charge in [-0.15, -0.1) is 0 Å². The van der Waals surface area contributed by atoms with Gasteiger partial charge in [-0.3, -0.25) is 9.59 Å². The molecule has 0 aliphatic carbocycles. The van der Waals surface area contributed by atoms with Gasteiger partial charge in [0.15, 0.2) is 0 Å². The highest BCUT2D eigenvalue weighted by Gasteiger charge is 2.10. The van der Waals surface area contributed by atoms with Crippen molar-refractivity contribution in [1.82, 2.24) is 9.78 Å². The zero-order valence-electron chi connectivity index (χ0n) is 12.7. The molecule has 1 aromatic heterocycles. The largest absolute Gasteiger partial charge is 0.383 e. The lowest BCUT2D eigenvalue weighted by Crippen LogP contribution is -2.27. The summed E-state index contributed by atoms with van der Waals surface area (Å²) in [6.45, 7) is 2.73. The minimum Gasteiger partial charge on any atom is -0.383 e. The van der Waals surface area contributed by atoms with Crippen LogP contribution in [-0.4, -0.2) is 29.4 Å². The molecule has 1 N–H and O–H groups in total. The van der Waals surface area contributed by atoms with Crippen molar-refractivity contribution in [3.05, 3.63) is 58.0 Å². The molecule has 2 rings (SSSR count). The second-order valence-electron chi connectivity index (χ2n) is 4.78. The lowest BCUT2D eigenvalue weighted by Gasteiger charge is -2.08. The number of carbonyl (C=O) groups excluding carboxylic acids is 1. The maximum atomic E-state index is 12.2. The Morgan fingerprint density at radius 3 is 2.59 bits per heavy atom. The van der Waals surface area contributed by atoms with E-state index in [1.54, 1.807) is 7.11 Å². The fraction of sp³-hybridized carbons (Fsp3) is 0.312. The minimum absolute atomic E-state index is 0.190. The summed E-state index contributed by atoms with van der Waals surface area (Å²) in [6, 6.07) is 10.4. The molecule has 0 atom stereocenters. The van der Waals surface area contributed by atoms with E-state index in [-0.39, 0.29) is 17.2 Å². The van der Waals surface area contributed by atoms with Crippen molar-refractivity contribution in [3.8, 4) is 0 Å². The number of aromatic nitrogens is 2. The number of ether oxygens (including phenoxy) is 1. The quantitative estimate of drug-likeness (QED) is 0.881. The van der Waals surface area contributed by atoms with E-state index >= 15 is 0 Å². The predicted molar refractivity (Wildman–Crippen MR) is 84.1 cm³/mol. The number of hydrogen-bond donors (Lipinski definition) is 1. The first-order chi connectivity index (χ1) is 10.6. The van der Waals surface area contributed by atoms with Gasteiger partial charge in [-0.05, 0) is 30.2 Å². The number of benzene rings is 1. The van der Waals surface area contributed by atoms with E-state index in [1.807, 2.05) is 24.3 Å². The summed E-state index contributed by atoms with van der Waals surface area (Å²) in [5.41, 5.74) is 1.82. The van der Waals surface area contributed by atoms with Crippen LogP contribution in [0.2, 0.25) is 0 Å². The molecule has 22 heavy (non-hydrogen) atoms. The molecule has 0 fully saturated rings. The van der Waals surface area contributed by atoms with Crippen molar-refractivity contribution in [3.63, 3.8) is 0 Å². The lowest BCUT2D eigenvalue weighted by atomic mass is 10.1. The average molecular weight is 301 g/mol. The highest BCUT2D eigenvalue weighted by Crippen LogP contribution is 2.10. The molecule has 0 spiro atoms. The van der Waals surface area contributed by atoms with Crippen molar-refractivity contribution in [2.45, 2.75) is 19.9 Å². The number of nitrogens with one attached hydrogen (secondary N) is 1. The summed E-state index contributed by atoms with van der Waals surface area (Å²) in [4.78, 5) is 23.8. The SMILES string of the molecule is CCc1ccc(NC(=O)c2ccc(=O)n(CCOC)n2)cc1. The van der Waals surface area contributed by atoms with Crippen LogP contribution < -0.4 is 10.9 Å². The van der Waals surface area contributed by atoms with Gasteiger partial charge < -0.3 is 10.1 Å². The first-order valence-electron chi connectivity index (χ1n) is 7.11. The number of anilines is 1. The summed E-state index contributed by atoms with van der Waals surface area (Å²) in [7, 11) is 1.54. The van der Waals surface area contributed by atoms with Gasteiger partial charge in [-0.25, -0.2) is 4.68 Å². The van der Waals surface area contributed by atoms with Gasteiger partial charge in [0.05, 0.1) is 13.2 Å². The van der Waals surface area contributed by atoms with Gasteiger partial charge in [-0.1, -0.05) is 19.1 Å². The molecule has 0 bridgehead atoms. The third-order valence-corrected chi connectivity index (χ3v) is 3.23. The highest BCUT2D eigenvalue weighted by molar-refractivity contribution is 6.02. The lowest BCUT2D eigenvalue weighted by molar-refractivity contribution is 0.101. The van der Waals surface area contributed by atoms with Crippen LogP contribution in [0.15, 0.2) is 41.2 Å². The number of amides is 1. The Bertz CT molecular complexity index is 693. The monoisotopic (exact) mass is 301 g/mol. The van der Waals surface area contributed by atoms with Crippen molar-refractivity contribution in [2.75, 3.05) is 19.0 Å². The van der Waals surface area contributed by atoms with Crippen LogP contribution in [-0.2, 0) is 17.7 Å². The first kappa shape index (κ1) is 15.9. The highest BCUT2D eigenvalue weighted by atomic mass is 16.5. The second-order valence-corrected chi connectivity index (χ2v) is 4.78. The second kappa shape index (κ2) is 7.51. The summed E-state index contributed by atoms with van der Waals surface area (Å²) in [5, 5.41) is 6.82. The standard InChI is InChI=1S/C16H19N3O3/c1-3-12-4-6-13(7-5-12)17-16(21)14-8-9-15(20)19(18-14)10-11-22-2/h4-9H,3,10-11H2,1-2H3,(H,17,21). The van der Waals surface area contributed by atoms with Crippen molar-refractivity contribution in [1.29, 1.82) is 0 Å². The molecule has 6 heteroatoms. The van der Waals surface area contributed by atoms with Gasteiger partial charge in [0.25, 0.3) is 11.5 Å². The van der Waals surface area contributed by atoms with Crippen molar-refractivity contribution >= 4 is 11.6 Å². The summed E-state index contributed by atoms with van der Waals surface area (Å²) in [5.74, 6) is -0.351. The Balaban J connectivity index is 2.12. The van der Waals surface area contributed by atoms with Crippen LogP contribution in [0.4, 0.5) is 5.69 Å². The van der Waals surface area contributed by atoms with Crippen molar-refractivity contribution < 1.29 is 9.53 Å². The summed E-state index contributed by atoms with van der Waals surface area (Å²) < 4.78 is 6.14. The Labute approximate surface area is 128 Å². The zero-order valence-corrected chi connectivity index (χ0v) is 12.7. The Morgan fingerprint density at radius 1 is 1.23 bits per heavy atom. The Kier molecular flexibility index (Phi) is 5.43. The molecule has 116 valence electrons. The topological polar surface area (TPSA) is 73.2 Å². The van der Waals surface area contributed by atoms with Gasteiger partial charge in [-0.2, -0.15) is 5.10 Å². The molecule has 1 aromatic carbocycles. The minimum atomic E-state index is -0.351. The van der Waals surface area contributed by atoms with E-state index < -0.39 is 0 Å². The fourth-order valence-electron chi connectivity index (χ4n) is 1.93. The first-order valence-corrected chi connectivity index (χ1v) is 7.11. The molecule has 0 unspecified atom stereocenters. The molecule has 1 heterocycles. The fourth-order valence-corrected chi connectivity index (χ4v) is 1.93. The molecular weight excluding hydrogens is 282 g/mol. The summed E-state index contributed by atoms with van der Waals surface area (Å²) in [6.07, 6.45) is 0.945. The smallest absolute Gasteiger partial charge is 0.276 e. The van der Waals surface area contributed by atoms with Crippen LogP contribution in [0.3, 0.4) is 0 Å². The number of aryl methyl sites for hydroxylation is 1. The van der Waals surface area contributed by atoms with E-state index in [1.165, 1.54) is 22.4 Å². The molecule has 0 saturated heterocycles. The van der Waals surface area contributed by atoms with Gasteiger partial charge in [0, 0.05) is 18.9 Å². The van der Waals surface area contributed by atoms with Crippen LogP contribution in [0.1, 0.15) is 23.0 Å². The Hall–Kier alpha value is -2.47. The molecule has 6 nitrogen and oxygen atoms in total. The molecule has 0 radical (unpaired) electrons. The maximum absolute atomic E-state index is 12.2.